The molecular weight excluding hydrogens is 194 g/mol. The van der Waals surface area contributed by atoms with Crippen molar-refractivity contribution in [3.8, 4) is 0 Å². The molecule has 0 spiro atoms. The summed E-state index contributed by atoms with van der Waals surface area (Å²) in [7, 11) is 1.30. The third-order valence-electron chi connectivity index (χ3n) is 2.23. The SMILES string of the molecule is CCCCNC(=O)C(C(=O)OC)C(C)C. The fourth-order valence-electron chi connectivity index (χ4n) is 1.31. The van der Waals surface area contributed by atoms with Gasteiger partial charge in [0.1, 0.15) is 5.92 Å². The van der Waals surface area contributed by atoms with E-state index in [-0.39, 0.29) is 11.8 Å². The summed E-state index contributed by atoms with van der Waals surface area (Å²) in [6.45, 7) is 6.34. The molecule has 0 heterocycles. The third kappa shape index (κ3) is 4.81. The summed E-state index contributed by atoms with van der Waals surface area (Å²) in [6, 6.07) is 0. The second-order valence-corrected chi connectivity index (χ2v) is 3.89. The second-order valence-electron chi connectivity index (χ2n) is 3.89. The molecular formula is C11H21NO3. The van der Waals surface area contributed by atoms with E-state index in [0.717, 1.165) is 12.8 Å². The number of esters is 1. The third-order valence-corrected chi connectivity index (χ3v) is 2.23. The number of hydrogen-bond donors (Lipinski definition) is 1. The molecule has 0 aliphatic heterocycles. The highest BCUT2D eigenvalue weighted by atomic mass is 16.5. The number of rotatable bonds is 6. The van der Waals surface area contributed by atoms with Crippen LogP contribution in [-0.4, -0.2) is 25.5 Å². The monoisotopic (exact) mass is 215 g/mol. The molecule has 0 rings (SSSR count). The molecule has 0 saturated carbocycles. The molecule has 1 amide bonds. The Morgan fingerprint density at radius 2 is 1.93 bits per heavy atom. The summed E-state index contributed by atoms with van der Waals surface area (Å²) < 4.78 is 4.60. The summed E-state index contributed by atoms with van der Waals surface area (Å²) >= 11 is 0. The fourth-order valence-corrected chi connectivity index (χ4v) is 1.31. The number of amides is 1. The van der Waals surface area contributed by atoms with Crippen molar-refractivity contribution in [3.63, 3.8) is 0 Å². The van der Waals surface area contributed by atoms with Crippen molar-refractivity contribution in [1.29, 1.82) is 0 Å². The maximum absolute atomic E-state index is 11.6. The molecule has 1 atom stereocenters. The standard InChI is InChI=1S/C11H21NO3/c1-5-6-7-12-10(13)9(8(2)3)11(14)15-4/h8-9H,5-7H2,1-4H3,(H,12,13). The van der Waals surface area contributed by atoms with E-state index in [2.05, 4.69) is 10.1 Å². The van der Waals surface area contributed by atoms with Crippen LogP contribution in [0, 0.1) is 11.8 Å². The van der Waals surface area contributed by atoms with E-state index >= 15 is 0 Å². The molecule has 1 unspecified atom stereocenters. The Hall–Kier alpha value is -1.06. The predicted octanol–water partition coefficient (Wildman–Crippen LogP) is 1.35. The van der Waals surface area contributed by atoms with Gasteiger partial charge in [-0.1, -0.05) is 27.2 Å². The number of carbonyl (C=O) groups is 2. The highest BCUT2D eigenvalue weighted by molar-refractivity contribution is 5.97. The van der Waals surface area contributed by atoms with E-state index in [9.17, 15) is 9.59 Å². The molecule has 0 radical (unpaired) electrons. The normalized spacial score (nSPS) is 12.3. The quantitative estimate of drug-likeness (QED) is 0.413. The summed E-state index contributed by atoms with van der Waals surface area (Å²) in [5.74, 6) is -1.42. The molecule has 88 valence electrons. The van der Waals surface area contributed by atoms with Crippen LogP contribution in [0.2, 0.25) is 0 Å². The van der Waals surface area contributed by atoms with E-state index in [4.69, 9.17) is 0 Å². The molecule has 0 aromatic heterocycles. The van der Waals surface area contributed by atoms with Gasteiger partial charge >= 0.3 is 5.97 Å². The Bertz CT molecular complexity index is 214. The molecule has 0 aliphatic rings. The fraction of sp³-hybridized carbons (Fsp3) is 0.818. The van der Waals surface area contributed by atoms with Crippen LogP contribution in [0.3, 0.4) is 0 Å². The van der Waals surface area contributed by atoms with Gasteiger partial charge < -0.3 is 10.1 Å². The van der Waals surface area contributed by atoms with Crippen molar-refractivity contribution in [1.82, 2.24) is 5.32 Å². The van der Waals surface area contributed by atoms with Crippen LogP contribution in [0.5, 0.6) is 0 Å². The van der Waals surface area contributed by atoms with Gasteiger partial charge in [0.05, 0.1) is 7.11 Å². The zero-order valence-corrected chi connectivity index (χ0v) is 10.0. The van der Waals surface area contributed by atoms with Crippen LogP contribution < -0.4 is 5.32 Å². The molecule has 1 N–H and O–H groups in total. The van der Waals surface area contributed by atoms with Crippen LogP contribution in [0.25, 0.3) is 0 Å². The van der Waals surface area contributed by atoms with E-state index < -0.39 is 11.9 Å². The number of carbonyl (C=O) groups excluding carboxylic acids is 2. The largest absolute Gasteiger partial charge is 0.468 e. The van der Waals surface area contributed by atoms with Crippen molar-refractivity contribution >= 4 is 11.9 Å². The van der Waals surface area contributed by atoms with Crippen molar-refractivity contribution in [2.75, 3.05) is 13.7 Å². The lowest BCUT2D eigenvalue weighted by atomic mass is 9.95. The van der Waals surface area contributed by atoms with Gasteiger partial charge in [0.25, 0.3) is 0 Å². The maximum Gasteiger partial charge on any atom is 0.318 e. The Labute approximate surface area is 91.4 Å². The first-order valence-corrected chi connectivity index (χ1v) is 5.40. The first-order chi connectivity index (χ1) is 7.04. The van der Waals surface area contributed by atoms with Crippen molar-refractivity contribution in [2.45, 2.75) is 33.6 Å². The lowest BCUT2D eigenvalue weighted by Gasteiger charge is -2.17. The zero-order valence-electron chi connectivity index (χ0n) is 10.0. The lowest BCUT2D eigenvalue weighted by molar-refractivity contribution is -0.151. The van der Waals surface area contributed by atoms with Crippen molar-refractivity contribution in [2.24, 2.45) is 11.8 Å². The minimum atomic E-state index is -0.688. The van der Waals surface area contributed by atoms with Gasteiger partial charge in [0, 0.05) is 6.54 Å². The van der Waals surface area contributed by atoms with Crippen LogP contribution in [0.15, 0.2) is 0 Å². The average Bonchev–Trinajstić information content (AvgIpc) is 2.17. The molecule has 15 heavy (non-hydrogen) atoms. The van der Waals surface area contributed by atoms with Gasteiger partial charge in [-0.3, -0.25) is 9.59 Å². The lowest BCUT2D eigenvalue weighted by Crippen LogP contribution is -2.39. The van der Waals surface area contributed by atoms with E-state index in [0.29, 0.717) is 6.54 Å². The smallest absolute Gasteiger partial charge is 0.318 e. The van der Waals surface area contributed by atoms with Gasteiger partial charge in [-0.2, -0.15) is 0 Å². The summed E-state index contributed by atoms with van der Waals surface area (Å²) in [6.07, 6.45) is 1.95. The zero-order chi connectivity index (χ0) is 11.8. The number of unbranched alkanes of at least 4 members (excludes halogenated alkanes) is 1. The van der Waals surface area contributed by atoms with E-state index in [1.54, 1.807) is 0 Å². The number of ether oxygens (including phenoxy) is 1. The Balaban J connectivity index is 4.24. The Morgan fingerprint density at radius 3 is 2.33 bits per heavy atom. The summed E-state index contributed by atoms with van der Waals surface area (Å²) in [5.41, 5.74) is 0. The summed E-state index contributed by atoms with van der Waals surface area (Å²) in [5, 5.41) is 2.74. The van der Waals surface area contributed by atoms with Gasteiger partial charge in [0.2, 0.25) is 5.91 Å². The van der Waals surface area contributed by atoms with Crippen LogP contribution in [0.4, 0.5) is 0 Å². The Kier molecular flexibility index (Phi) is 6.75. The van der Waals surface area contributed by atoms with E-state index in [1.807, 2.05) is 20.8 Å². The number of nitrogens with one attached hydrogen (secondary N) is 1. The van der Waals surface area contributed by atoms with Crippen molar-refractivity contribution in [3.05, 3.63) is 0 Å². The molecule has 0 aliphatic carbocycles. The average molecular weight is 215 g/mol. The number of hydrogen-bond acceptors (Lipinski definition) is 3. The second kappa shape index (κ2) is 7.26. The maximum atomic E-state index is 11.6. The van der Waals surface area contributed by atoms with Crippen molar-refractivity contribution < 1.29 is 14.3 Å². The van der Waals surface area contributed by atoms with Crippen LogP contribution in [-0.2, 0) is 14.3 Å². The minimum absolute atomic E-state index is 0.0425. The van der Waals surface area contributed by atoms with Crippen LogP contribution >= 0.6 is 0 Å². The molecule has 4 nitrogen and oxygen atoms in total. The van der Waals surface area contributed by atoms with Gasteiger partial charge in [0.15, 0.2) is 0 Å². The molecule has 0 fully saturated rings. The minimum Gasteiger partial charge on any atom is -0.468 e. The van der Waals surface area contributed by atoms with E-state index in [1.165, 1.54) is 7.11 Å². The van der Waals surface area contributed by atoms with Gasteiger partial charge in [-0.15, -0.1) is 0 Å². The van der Waals surface area contributed by atoms with Gasteiger partial charge in [-0.25, -0.2) is 0 Å². The highest BCUT2D eigenvalue weighted by Gasteiger charge is 2.30. The van der Waals surface area contributed by atoms with Crippen LogP contribution in [0.1, 0.15) is 33.6 Å². The number of methoxy groups -OCH3 is 1. The molecule has 4 heteroatoms. The predicted molar refractivity (Wildman–Crippen MR) is 58.3 cm³/mol. The molecule has 0 bridgehead atoms. The highest BCUT2D eigenvalue weighted by Crippen LogP contribution is 2.12. The topological polar surface area (TPSA) is 55.4 Å². The molecule has 0 aromatic rings. The summed E-state index contributed by atoms with van der Waals surface area (Å²) in [4.78, 5) is 23.0. The molecule has 0 aromatic carbocycles. The Morgan fingerprint density at radius 1 is 1.33 bits per heavy atom. The molecule has 0 saturated heterocycles. The first kappa shape index (κ1) is 13.9. The van der Waals surface area contributed by atoms with Gasteiger partial charge in [-0.05, 0) is 12.3 Å². The first-order valence-electron chi connectivity index (χ1n) is 5.40.